The monoisotopic (exact) mass is 370 g/mol. The van der Waals surface area contributed by atoms with Gasteiger partial charge in [-0.15, -0.1) is 0 Å². The Balaban J connectivity index is -0.000000135. The molecule has 0 heterocycles. The van der Waals surface area contributed by atoms with E-state index < -0.39 is 20.8 Å². The number of rotatable bonds is 7. The highest BCUT2D eigenvalue weighted by atomic mass is 32.3. The first-order valence-corrected chi connectivity index (χ1v) is 7.77. The van der Waals surface area contributed by atoms with Crippen LogP contribution in [0.4, 0.5) is 0 Å². The lowest BCUT2D eigenvalue weighted by molar-refractivity contribution is -0.139. The molecule has 0 saturated carbocycles. The second-order valence-corrected chi connectivity index (χ2v) is 5.24. The zero-order valence-electron chi connectivity index (χ0n) is 12.2. The Bertz CT molecular complexity index is 481. The van der Waals surface area contributed by atoms with E-state index in [2.05, 4.69) is 22.2 Å². The molecule has 0 aromatic rings. The first-order chi connectivity index (χ1) is 8.89. The van der Waals surface area contributed by atoms with Gasteiger partial charge in [-0.05, 0) is 13.3 Å². The maximum absolute atomic E-state index is 10.7. The number of ether oxygens (including phenoxy) is 1. The summed E-state index contributed by atoms with van der Waals surface area (Å²) in [6, 6.07) is 0. The molecule has 0 saturated heterocycles. The minimum Gasteiger partial charge on any atom is -0.462 e. The molecular formula is C8H22N2O10S2. The molecule has 0 rings (SSSR count). The second-order valence-electron chi connectivity index (χ2n) is 3.26. The van der Waals surface area contributed by atoms with Gasteiger partial charge in [-0.3, -0.25) is 9.11 Å². The number of carbonyl (C=O) groups is 1. The van der Waals surface area contributed by atoms with Crippen molar-refractivity contribution in [1.82, 2.24) is 12.3 Å². The van der Waals surface area contributed by atoms with Crippen molar-refractivity contribution in [1.29, 1.82) is 0 Å². The maximum atomic E-state index is 10.7. The van der Waals surface area contributed by atoms with E-state index in [-0.39, 0.29) is 18.3 Å². The average Bonchev–Trinajstić information content (AvgIpc) is 2.25. The molecule has 14 heteroatoms. The highest BCUT2D eigenvalue weighted by Gasteiger charge is 2.13. The third kappa shape index (κ3) is 27.3. The molecule has 0 atom stereocenters. The van der Waals surface area contributed by atoms with Gasteiger partial charge >= 0.3 is 26.8 Å². The summed E-state index contributed by atoms with van der Waals surface area (Å²) in [6.07, 6.45) is 1.97. The Morgan fingerprint density at radius 1 is 1.05 bits per heavy atom. The first-order valence-electron chi connectivity index (χ1n) is 5.04. The smallest absolute Gasteiger partial charge is 0.425 e. The molecule has 0 spiro atoms. The fourth-order valence-corrected chi connectivity index (χ4v) is 1.06. The Morgan fingerprint density at radius 3 is 1.64 bits per heavy atom. The van der Waals surface area contributed by atoms with Crippen LogP contribution in [-0.4, -0.2) is 38.5 Å². The fraction of sp³-hybridized carbons (Fsp3) is 0.625. The number of hydrogen-bond acceptors (Lipinski definition) is 10. The van der Waals surface area contributed by atoms with Crippen LogP contribution in [0.2, 0.25) is 0 Å². The van der Waals surface area contributed by atoms with E-state index in [0.717, 1.165) is 12.8 Å². The first kappa shape index (κ1) is 29.0. The van der Waals surface area contributed by atoms with Gasteiger partial charge in [0.2, 0.25) is 0 Å². The van der Waals surface area contributed by atoms with Crippen LogP contribution in [0.25, 0.3) is 0 Å². The number of unbranched alkanes of at least 4 members (excludes halogenated alkanes) is 1. The molecule has 0 unspecified atom stereocenters. The molecular weight excluding hydrogens is 348 g/mol. The van der Waals surface area contributed by atoms with Crippen LogP contribution in [0.3, 0.4) is 0 Å². The lowest BCUT2D eigenvalue weighted by Crippen LogP contribution is -2.10. The summed E-state index contributed by atoms with van der Waals surface area (Å²) >= 11 is 0. The molecule has 0 aliphatic carbocycles. The highest BCUT2D eigenvalue weighted by Crippen LogP contribution is 1.94. The lowest BCUT2D eigenvalue weighted by atomic mass is 10.3. The quantitative estimate of drug-likeness (QED) is 0.122. The van der Waals surface area contributed by atoms with Gasteiger partial charge in [0.05, 0.1) is 6.61 Å². The van der Waals surface area contributed by atoms with E-state index in [1.165, 1.54) is 0 Å². The number of carbonyl (C=O) groups excluding carboxylic acids is 1. The van der Waals surface area contributed by atoms with E-state index in [0.29, 0.717) is 12.2 Å². The standard InChI is InChI=1S/C8H14O2.2H3N.H2O8S2/c1-4-5-6-10-8(9)7(2)3;;;1-9(2,3)7-8-10(4,5)6/h2,4-6H2,1,3H3;2*1H3;(H,1,2,3)(H,4,5,6). The Hall–Kier alpha value is -1.13. The Kier molecular flexibility index (Phi) is 17.8. The van der Waals surface area contributed by atoms with Crippen molar-refractivity contribution in [3.63, 3.8) is 0 Å². The molecule has 8 N–H and O–H groups in total. The topological polar surface area (TPSA) is 223 Å². The van der Waals surface area contributed by atoms with Crippen molar-refractivity contribution in [3.05, 3.63) is 12.2 Å². The normalized spacial score (nSPS) is 10.2. The fourth-order valence-electron chi connectivity index (χ4n) is 0.503. The van der Waals surface area contributed by atoms with Gasteiger partial charge in [-0.1, -0.05) is 28.6 Å². The summed E-state index contributed by atoms with van der Waals surface area (Å²) in [5.74, 6) is -0.284. The van der Waals surface area contributed by atoms with E-state index in [1.54, 1.807) is 6.92 Å². The van der Waals surface area contributed by atoms with Crippen molar-refractivity contribution in [2.75, 3.05) is 6.61 Å². The van der Waals surface area contributed by atoms with Crippen LogP contribution in [0.5, 0.6) is 0 Å². The van der Waals surface area contributed by atoms with Crippen LogP contribution in [0.15, 0.2) is 12.2 Å². The highest BCUT2D eigenvalue weighted by molar-refractivity contribution is 7.83. The largest absolute Gasteiger partial charge is 0.462 e. The van der Waals surface area contributed by atoms with Crippen LogP contribution >= 0.6 is 0 Å². The van der Waals surface area contributed by atoms with Crippen LogP contribution < -0.4 is 12.3 Å². The second kappa shape index (κ2) is 13.5. The van der Waals surface area contributed by atoms with Crippen LogP contribution in [0, 0.1) is 0 Å². The molecule has 0 aromatic carbocycles. The molecule has 0 amide bonds. The van der Waals surface area contributed by atoms with E-state index in [9.17, 15) is 21.6 Å². The van der Waals surface area contributed by atoms with Gasteiger partial charge in [-0.25, -0.2) is 4.79 Å². The summed E-state index contributed by atoms with van der Waals surface area (Å²) in [7, 11) is -10.0. The average molecular weight is 370 g/mol. The zero-order valence-corrected chi connectivity index (χ0v) is 13.9. The summed E-state index contributed by atoms with van der Waals surface area (Å²) < 4.78 is 63.7. The lowest BCUT2D eigenvalue weighted by Gasteiger charge is -2.01. The van der Waals surface area contributed by atoms with Crippen molar-refractivity contribution in [2.45, 2.75) is 26.7 Å². The van der Waals surface area contributed by atoms with Gasteiger partial charge in [0.1, 0.15) is 0 Å². The molecule has 0 fully saturated rings. The summed E-state index contributed by atoms with van der Waals surface area (Å²) in [4.78, 5) is 10.7. The van der Waals surface area contributed by atoms with Crippen molar-refractivity contribution >= 4 is 26.8 Å². The molecule has 0 radical (unpaired) electrons. The molecule has 0 aliphatic heterocycles. The SMILES string of the molecule is C=C(C)C(=O)OCCCC.N.N.O=S(=O)(O)OOS(=O)(=O)O. The maximum Gasteiger partial charge on any atom is 0.425 e. The van der Waals surface area contributed by atoms with Crippen molar-refractivity contribution < 1.29 is 44.1 Å². The minimum atomic E-state index is -5.02. The van der Waals surface area contributed by atoms with Gasteiger partial charge in [-0.2, -0.15) is 16.8 Å². The predicted octanol–water partition coefficient (Wildman–Crippen LogP) is 0.770. The van der Waals surface area contributed by atoms with Gasteiger partial charge in [0.15, 0.2) is 0 Å². The van der Waals surface area contributed by atoms with Gasteiger partial charge < -0.3 is 17.0 Å². The van der Waals surface area contributed by atoms with E-state index in [1.807, 2.05) is 0 Å². The summed E-state index contributed by atoms with van der Waals surface area (Å²) in [5.41, 5.74) is 0.469. The Morgan fingerprint density at radius 2 is 1.41 bits per heavy atom. The van der Waals surface area contributed by atoms with Crippen LogP contribution in [0.1, 0.15) is 26.7 Å². The molecule has 12 nitrogen and oxygen atoms in total. The van der Waals surface area contributed by atoms with E-state index in [4.69, 9.17) is 13.8 Å². The Labute approximate surface area is 129 Å². The predicted molar refractivity (Wildman–Crippen MR) is 76.0 cm³/mol. The molecule has 22 heavy (non-hydrogen) atoms. The van der Waals surface area contributed by atoms with Crippen molar-refractivity contribution in [3.8, 4) is 0 Å². The van der Waals surface area contributed by atoms with Gasteiger partial charge in [0.25, 0.3) is 0 Å². The number of esters is 1. The molecule has 0 aromatic heterocycles. The molecule has 0 bridgehead atoms. The third-order valence-electron chi connectivity index (χ3n) is 1.28. The van der Waals surface area contributed by atoms with Gasteiger partial charge in [0, 0.05) is 5.57 Å². The van der Waals surface area contributed by atoms with Crippen molar-refractivity contribution in [2.24, 2.45) is 0 Å². The third-order valence-corrected chi connectivity index (χ3v) is 1.85. The summed E-state index contributed by atoms with van der Waals surface area (Å²) in [5, 5.41) is 0. The number of hydrogen-bond donors (Lipinski definition) is 4. The molecule has 0 aliphatic rings. The van der Waals surface area contributed by atoms with E-state index >= 15 is 0 Å². The minimum absolute atomic E-state index is 0. The zero-order chi connectivity index (χ0) is 16.4. The van der Waals surface area contributed by atoms with Crippen LogP contribution in [-0.2, 0) is 39.0 Å². The molecule has 136 valence electrons. The summed E-state index contributed by atoms with van der Waals surface area (Å²) in [6.45, 7) is 7.67.